The molecule has 1 heterocycles. The quantitative estimate of drug-likeness (QED) is 0.680. The highest BCUT2D eigenvalue weighted by Gasteiger charge is 2.30. The van der Waals surface area contributed by atoms with Crippen LogP contribution in [-0.4, -0.2) is 29.3 Å². The molecule has 0 radical (unpaired) electrons. The van der Waals surface area contributed by atoms with Crippen molar-refractivity contribution in [1.82, 2.24) is 9.55 Å². The standard InChI is InChI=1S/C12H14Cl3N3O/c13-12(14,15)11-17-9-3-1-2-4-10(9)18(11)6-8-19-7-5-16/h1-4H,5-8,16H2. The van der Waals surface area contributed by atoms with Crippen LogP contribution in [0.2, 0.25) is 0 Å². The summed E-state index contributed by atoms with van der Waals surface area (Å²) in [6, 6.07) is 7.63. The number of para-hydroxylation sites is 2. The molecule has 0 amide bonds. The molecule has 1 aromatic heterocycles. The van der Waals surface area contributed by atoms with Gasteiger partial charge >= 0.3 is 0 Å². The molecule has 0 atom stereocenters. The maximum Gasteiger partial charge on any atom is 0.248 e. The largest absolute Gasteiger partial charge is 0.378 e. The van der Waals surface area contributed by atoms with Gasteiger partial charge in [-0.05, 0) is 12.1 Å². The van der Waals surface area contributed by atoms with Crippen LogP contribution in [0.25, 0.3) is 11.0 Å². The van der Waals surface area contributed by atoms with Gasteiger partial charge in [0.15, 0.2) is 5.82 Å². The van der Waals surface area contributed by atoms with Gasteiger partial charge in [-0.1, -0.05) is 46.9 Å². The monoisotopic (exact) mass is 321 g/mol. The zero-order valence-electron chi connectivity index (χ0n) is 10.2. The summed E-state index contributed by atoms with van der Waals surface area (Å²) in [6.07, 6.45) is 0. The Balaban J connectivity index is 2.32. The lowest BCUT2D eigenvalue weighted by molar-refractivity contribution is 0.133. The molecule has 0 unspecified atom stereocenters. The minimum Gasteiger partial charge on any atom is -0.378 e. The van der Waals surface area contributed by atoms with Gasteiger partial charge in [0.2, 0.25) is 3.79 Å². The Morgan fingerprint density at radius 2 is 1.95 bits per heavy atom. The van der Waals surface area contributed by atoms with E-state index in [0.29, 0.717) is 32.1 Å². The highest BCUT2D eigenvalue weighted by molar-refractivity contribution is 6.66. The Morgan fingerprint density at radius 3 is 2.63 bits per heavy atom. The number of imidazole rings is 1. The smallest absolute Gasteiger partial charge is 0.248 e. The van der Waals surface area contributed by atoms with E-state index >= 15 is 0 Å². The second-order valence-electron chi connectivity index (χ2n) is 3.97. The molecule has 0 aliphatic heterocycles. The van der Waals surface area contributed by atoms with Crippen molar-refractivity contribution >= 4 is 45.8 Å². The Hall–Kier alpha value is -0.520. The van der Waals surface area contributed by atoms with Gasteiger partial charge in [-0.3, -0.25) is 0 Å². The molecule has 2 rings (SSSR count). The summed E-state index contributed by atoms with van der Waals surface area (Å²) in [5.74, 6) is 0.398. The highest BCUT2D eigenvalue weighted by Crippen LogP contribution is 2.38. The molecule has 0 aliphatic rings. The molecule has 2 N–H and O–H groups in total. The van der Waals surface area contributed by atoms with Gasteiger partial charge < -0.3 is 15.0 Å². The zero-order chi connectivity index (χ0) is 13.9. The number of hydrogen-bond donors (Lipinski definition) is 1. The number of rotatable bonds is 5. The van der Waals surface area contributed by atoms with Crippen molar-refractivity contribution in [3.05, 3.63) is 30.1 Å². The van der Waals surface area contributed by atoms with Crippen molar-refractivity contribution in [3.63, 3.8) is 0 Å². The van der Waals surface area contributed by atoms with Crippen molar-refractivity contribution in [2.45, 2.75) is 10.3 Å². The fraction of sp³-hybridized carbons (Fsp3) is 0.417. The first-order chi connectivity index (χ1) is 9.04. The van der Waals surface area contributed by atoms with Crippen LogP contribution < -0.4 is 5.73 Å². The van der Waals surface area contributed by atoms with Crippen LogP contribution in [0.5, 0.6) is 0 Å². The van der Waals surface area contributed by atoms with Crippen LogP contribution in [-0.2, 0) is 15.1 Å². The fourth-order valence-electron chi connectivity index (χ4n) is 1.86. The van der Waals surface area contributed by atoms with Crippen LogP contribution in [0.4, 0.5) is 0 Å². The summed E-state index contributed by atoms with van der Waals surface area (Å²) in [7, 11) is 0. The summed E-state index contributed by atoms with van der Waals surface area (Å²) in [5.41, 5.74) is 7.08. The molecule has 104 valence electrons. The Morgan fingerprint density at radius 1 is 1.21 bits per heavy atom. The minimum atomic E-state index is -1.56. The summed E-state index contributed by atoms with van der Waals surface area (Å²) in [4.78, 5) is 4.37. The third-order valence-corrected chi connectivity index (χ3v) is 3.14. The summed E-state index contributed by atoms with van der Waals surface area (Å²) in [6.45, 7) is 2.05. The van der Waals surface area contributed by atoms with E-state index in [1.165, 1.54) is 0 Å². The molecule has 2 aromatic rings. The molecule has 0 bridgehead atoms. The predicted molar refractivity (Wildman–Crippen MR) is 78.8 cm³/mol. The zero-order valence-corrected chi connectivity index (χ0v) is 12.4. The van der Waals surface area contributed by atoms with Gasteiger partial charge in [-0.2, -0.15) is 0 Å². The number of aromatic nitrogens is 2. The Bertz CT molecular complexity index is 551. The van der Waals surface area contributed by atoms with E-state index in [0.717, 1.165) is 11.0 Å². The van der Waals surface area contributed by atoms with E-state index in [1.54, 1.807) is 0 Å². The lowest BCUT2D eigenvalue weighted by Crippen LogP contribution is -2.17. The molecule has 0 aliphatic carbocycles. The van der Waals surface area contributed by atoms with Crippen molar-refractivity contribution in [3.8, 4) is 0 Å². The van der Waals surface area contributed by atoms with Crippen LogP contribution in [0, 0.1) is 0 Å². The number of fused-ring (bicyclic) bond motifs is 1. The van der Waals surface area contributed by atoms with Crippen LogP contribution in [0.3, 0.4) is 0 Å². The van der Waals surface area contributed by atoms with Crippen molar-refractivity contribution in [1.29, 1.82) is 0 Å². The number of hydrogen-bond acceptors (Lipinski definition) is 3. The van der Waals surface area contributed by atoms with Gasteiger partial charge in [0.05, 0.1) is 24.2 Å². The van der Waals surface area contributed by atoms with Gasteiger partial charge in [-0.25, -0.2) is 4.98 Å². The van der Waals surface area contributed by atoms with E-state index in [4.69, 9.17) is 45.3 Å². The van der Waals surface area contributed by atoms with E-state index in [9.17, 15) is 0 Å². The summed E-state index contributed by atoms with van der Waals surface area (Å²) >= 11 is 17.9. The number of nitrogens with zero attached hydrogens (tertiary/aromatic N) is 2. The minimum absolute atomic E-state index is 0.398. The second kappa shape index (κ2) is 6.29. The summed E-state index contributed by atoms with van der Waals surface area (Å²) in [5, 5.41) is 0. The number of benzene rings is 1. The van der Waals surface area contributed by atoms with Gasteiger partial charge in [0.1, 0.15) is 0 Å². The average molecular weight is 323 g/mol. The molecule has 4 nitrogen and oxygen atoms in total. The Kier molecular flexibility index (Phi) is 4.92. The molecular formula is C12H14Cl3N3O. The first-order valence-corrected chi connectivity index (χ1v) is 6.97. The van der Waals surface area contributed by atoms with Crippen molar-refractivity contribution < 1.29 is 4.74 Å². The van der Waals surface area contributed by atoms with E-state index in [-0.39, 0.29) is 0 Å². The maximum atomic E-state index is 5.96. The lowest BCUT2D eigenvalue weighted by Gasteiger charge is -2.14. The van der Waals surface area contributed by atoms with E-state index < -0.39 is 3.79 Å². The Labute approximate surface area is 126 Å². The molecule has 0 spiro atoms. The predicted octanol–water partition coefficient (Wildman–Crippen LogP) is 2.84. The number of alkyl halides is 3. The first-order valence-electron chi connectivity index (χ1n) is 5.84. The number of ether oxygens (including phenoxy) is 1. The second-order valence-corrected chi connectivity index (χ2v) is 6.26. The molecule has 0 saturated carbocycles. The summed E-state index contributed by atoms with van der Waals surface area (Å²) < 4.78 is 5.67. The number of halogens is 3. The van der Waals surface area contributed by atoms with E-state index in [2.05, 4.69) is 4.98 Å². The van der Waals surface area contributed by atoms with Gasteiger partial charge in [0.25, 0.3) is 0 Å². The first kappa shape index (κ1) is 14.9. The molecule has 0 fully saturated rings. The highest BCUT2D eigenvalue weighted by atomic mass is 35.6. The van der Waals surface area contributed by atoms with Crippen molar-refractivity contribution in [2.24, 2.45) is 5.73 Å². The topological polar surface area (TPSA) is 53.1 Å². The third kappa shape index (κ3) is 3.52. The fourth-order valence-corrected chi connectivity index (χ4v) is 2.29. The molecule has 0 saturated heterocycles. The van der Waals surface area contributed by atoms with Gasteiger partial charge in [-0.15, -0.1) is 0 Å². The molecular weight excluding hydrogens is 309 g/mol. The third-order valence-electron chi connectivity index (χ3n) is 2.63. The number of nitrogens with two attached hydrogens (primary N) is 1. The molecule has 19 heavy (non-hydrogen) atoms. The van der Waals surface area contributed by atoms with Crippen LogP contribution in [0.1, 0.15) is 5.82 Å². The SMILES string of the molecule is NCCOCCn1c(C(Cl)(Cl)Cl)nc2ccccc21. The lowest BCUT2D eigenvalue weighted by atomic mass is 10.3. The maximum absolute atomic E-state index is 5.96. The van der Waals surface area contributed by atoms with Crippen LogP contribution >= 0.6 is 34.8 Å². The molecule has 7 heteroatoms. The van der Waals surface area contributed by atoms with Gasteiger partial charge in [0, 0.05) is 13.1 Å². The normalized spacial score (nSPS) is 12.2. The van der Waals surface area contributed by atoms with Crippen LogP contribution in [0.15, 0.2) is 24.3 Å². The average Bonchev–Trinajstić information content (AvgIpc) is 2.74. The van der Waals surface area contributed by atoms with E-state index in [1.807, 2.05) is 28.8 Å². The van der Waals surface area contributed by atoms with Crippen molar-refractivity contribution in [2.75, 3.05) is 19.8 Å². The molecule has 1 aromatic carbocycles.